The van der Waals surface area contributed by atoms with Crippen molar-refractivity contribution in [1.29, 1.82) is 0 Å². The lowest BCUT2D eigenvalue weighted by atomic mass is 10.4. The molecule has 2 N–H and O–H groups in total. The van der Waals surface area contributed by atoms with Crippen molar-refractivity contribution >= 4 is 17.6 Å². The zero-order valence-corrected chi connectivity index (χ0v) is 14.7. The van der Waals surface area contributed by atoms with Crippen LogP contribution < -0.4 is 10.6 Å². The lowest BCUT2D eigenvalue weighted by molar-refractivity contribution is -0.141. The quantitative estimate of drug-likeness (QED) is 0.501. The predicted molar refractivity (Wildman–Crippen MR) is 92.1 cm³/mol. The van der Waals surface area contributed by atoms with Gasteiger partial charge in [0.1, 0.15) is 5.69 Å². The first-order valence-electron chi connectivity index (χ1n) is 8.02. The van der Waals surface area contributed by atoms with Crippen LogP contribution in [-0.4, -0.2) is 35.9 Å². The van der Waals surface area contributed by atoms with Gasteiger partial charge in [-0.3, -0.25) is 0 Å². The molecule has 8 nitrogen and oxygen atoms in total. The van der Waals surface area contributed by atoms with Gasteiger partial charge in [-0.05, 0) is 32.0 Å². The van der Waals surface area contributed by atoms with Gasteiger partial charge in [-0.1, -0.05) is 0 Å². The van der Waals surface area contributed by atoms with Crippen molar-refractivity contribution in [3.05, 3.63) is 42.2 Å². The van der Waals surface area contributed by atoms with E-state index < -0.39 is 17.8 Å². The monoisotopic (exact) mass is 394 g/mol. The summed E-state index contributed by atoms with van der Waals surface area (Å²) in [6.07, 6.45) is -2.44. The number of nitrogens with zero attached hydrogens (tertiary/aromatic N) is 6. The molecule has 0 bridgehead atoms. The third-order valence-electron chi connectivity index (χ3n) is 3.18. The highest BCUT2D eigenvalue weighted by molar-refractivity contribution is 5.56. The number of hydrogen-bond donors (Lipinski definition) is 2. The summed E-state index contributed by atoms with van der Waals surface area (Å²) in [6.45, 7) is 3.67. The molecule has 12 heteroatoms. The predicted octanol–water partition coefficient (Wildman–Crippen LogP) is 3.45. The van der Waals surface area contributed by atoms with E-state index in [2.05, 4.69) is 40.5 Å². The minimum Gasteiger partial charge on any atom is -0.352 e. The number of halogens is 4. The first-order valence-corrected chi connectivity index (χ1v) is 8.02. The van der Waals surface area contributed by atoms with E-state index in [-0.39, 0.29) is 29.6 Å². The van der Waals surface area contributed by atoms with Crippen molar-refractivity contribution in [3.8, 4) is 11.6 Å². The Balaban J connectivity index is 2.01. The van der Waals surface area contributed by atoms with Gasteiger partial charge in [0.15, 0.2) is 5.82 Å². The fraction of sp³-hybridized carbons (Fsp3) is 0.250. The molecular weight excluding hydrogens is 380 g/mol. The Morgan fingerprint density at radius 1 is 0.893 bits per heavy atom. The highest BCUT2D eigenvalue weighted by atomic mass is 19.4. The molecule has 146 valence electrons. The summed E-state index contributed by atoms with van der Waals surface area (Å²) in [5.74, 6) is -1.03. The van der Waals surface area contributed by atoms with Crippen LogP contribution >= 0.6 is 0 Å². The summed E-state index contributed by atoms with van der Waals surface area (Å²) in [5.41, 5.74) is -0.743. The summed E-state index contributed by atoms with van der Waals surface area (Å²) < 4.78 is 51.7. The minimum atomic E-state index is -4.63. The van der Waals surface area contributed by atoms with Crippen LogP contribution in [0.4, 0.5) is 35.1 Å². The molecule has 0 saturated heterocycles. The topological polar surface area (TPSA) is 101 Å². The molecule has 3 rings (SSSR count). The molecule has 28 heavy (non-hydrogen) atoms. The van der Waals surface area contributed by atoms with E-state index in [1.807, 2.05) is 13.8 Å². The summed E-state index contributed by atoms with van der Waals surface area (Å²) in [4.78, 5) is 23.1. The maximum Gasteiger partial charge on any atom is 0.433 e. The van der Waals surface area contributed by atoms with Gasteiger partial charge >= 0.3 is 6.18 Å². The van der Waals surface area contributed by atoms with Crippen molar-refractivity contribution in [3.63, 3.8) is 0 Å². The van der Waals surface area contributed by atoms with Crippen LogP contribution in [0, 0.1) is 5.95 Å². The van der Waals surface area contributed by atoms with Gasteiger partial charge in [0, 0.05) is 12.2 Å². The van der Waals surface area contributed by atoms with E-state index in [4.69, 9.17) is 0 Å². The van der Waals surface area contributed by atoms with Crippen molar-refractivity contribution in [1.82, 2.24) is 29.9 Å². The third-order valence-corrected chi connectivity index (χ3v) is 3.18. The lowest BCUT2D eigenvalue weighted by Gasteiger charge is -2.12. The molecule has 0 amide bonds. The third kappa shape index (κ3) is 4.84. The molecule has 0 saturated carbocycles. The lowest BCUT2D eigenvalue weighted by Crippen LogP contribution is -2.15. The van der Waals surface area contributed by atoms with Gasteiger partial charge in [-0.15, -0.1) is 0 Å². The molecule has 0 atom stereocenters. The fourth-order valence-electron chi connectivity index (χ4n) is 2.06. The molecule has 0 aromatic carbocycles. The maximum atomic E-state index is 13.0. The van der Waals surface area contributed by atoms with Crippen LogP contribution in [0.15, 0.2) is 30.6 Å². The number of nitrogens with one attached hydrogen (secondary N) is 2. The summed E-state index contributed by atoms with van der Waals surface area (Å²) in [6, 6.07) is 3.23. The molecule has 3 aromatic rings. The smallest absolute Gasteiger partial charge is 0.352 e. The summed E-state index contributed by atoms with van der Waals surface area (Å²) in [5, 5.41) is 5.73. The second-order valence-corrected chi connectivity index (χ2v) is 5.86. The van der Waals surface area contributed by atoms with E-state index in [9.17, 15) is 17.6 Å². The molecule has 3 aromatic heterocycles. The van der Waals surface area contributed by atoms with Gasteiger partial charge in [0.25, 0.3) is 0 Å². The summed E-state index contributed by atoms with van der Waals surface area (Å²) in [7, 11) is 0. The van der Waals surface area contributed by atoms with E-state index in [1.54, 1.807) is 0 Å². The van der Waals surface area contributed by atoms with Crippen LogP contribution in [0.3, 0.4) is 0 Å². The van der Waals surface area contributed by atoms with Gasteiger partial charge in [-0.25, -0.2) is 15.0 Å². The Kier molecular flexibility index (Phi) is 5.29. The molecule has 0 radical (unpaired) electrons. The van der Waals surface area contributed by atoms with Crippen molar-refractivity contribution in [2.24, 2.45) is 0 Å². The second kappa shape index (κ2) is 7.66. The van der Waals surface area contributed by atoms with Gasteiger partial charge in [0.2, 0.25) is 23.7 Å². The molecule has 0 aliphatic heterocycles. The van der Waals surface area contributed by atoms with E-state index >= 15 is 0 Å². The normalized spacial score (nSPS) is 11.5. The van der Waals surface area contributed by atoms with Crippen LogP contribution in [0.5, 0.6) is 0 Å². The Hall–Kier alpha value is -3.44. The van der Waals surface area contributed by atoms with Crippen molar-refractivity contribution in [2.75, 3.05) is 10.6 Å². The molecule has 3 heterocycles. The highest BCUT2D eigenvalue weighted by Crippen LogP contribution is 2.28. The van der Waals surface area contributed by atoms with Gasteiger partial charge in [-0.2, -0.15) is 32.5 Å². The summed E-state index contributed by atoms with van der Waals surface area (Å²) >= 11 is 0. The second-order valence-electron chi connectivity index (χ2n) is 5.86. The standard InChI is InChI=1S/C16H14F4N8/c1-8(2)23-14-26-13(12-21-6-5-10(25-12)16(18,19)20)27-15(28-14)24-9-3-4-11(17)22-7-9/h3-8H,1-2H3,(H2,23,24,26,27,28). The number of pyridine rings is 1. The van der Waals surface area contributed by atoms with Crippen LogP contribution in [-0.2, 0) is 6.18 Å². The van der Waals surface area contributed by atoms with Crippen LogP contribution in [0.2, 0.25) is 0 Å². The number of hydrogen-bond acceptors (Lipinski definition) is 8. The Labute approximate surface area is 156 Å². The van der Waals surface area contributed by atoms with Crippen molar-refractivity contribution in [2.45, 2.75) is 26.1 Å². The SMILES string of the molecule is CC(C)Nc1nc(Nc2ccc(F)nc2)nc(-c2nccc(C(F)(F)F)n2)n1. The largest absolute Gasteiger partial charge is 0.433 e. The van der Waals surface area contributed by atoms with E-state index in [1.165, 1.54) is 12.3 Å². The Morgan fingerprint density at radius 2 is 1.64 bits per heavy atom. The highest BCUT2D eigenvalue weighted by Gasteiger charge is 2.33. The van der Waals surface area contributed by atoms with Crippen molar-refractivity contribution < 1.29 is 17.6 Å². The Bertz CT molecular complexity index is 960. The fourth-order valence-corrected chi connectivity index (χ4v) is 2.06. The number of aromatic nitrogens is 6. The molecule has 0 fully saturated rings. The molecule has 0 aliphatic carbocycles. The first kappa shape index (κ1) is 19.3. The number of rotatable bonds is 5. The van der Waals surface area contributed by atoms with E-state index in [0.29, 0.717) is 5.69 Å². The maximum absolute atomic E-state index is 13.0. The van der Waals surface area contributed by atoms with Crippen LogP contribution in [0.25, 0.3) is 11.6 Å². The zero-order chi connectivity index (χ0) is 20.3. The molecule has 0 unspecified atom stereocenters. The number of anilines is 3. The zero-order valence-electron chi connectivity index (χ0n) is 14.7. The minimum absolute atomic E-state index is 0.00238. The van der Waals surface area contributed by atoms with Gasteiger partial charge < -0.3 is 10.6 Å². The van der Waals surface area contributed by atoms with Gasteiger partial charge in [0.05, 0.1) is 11.9 Å². The molecule has 0 spiro atoms. The average molecular weight is 394 g/mol. The molecular formula is C16H14F4N8. The first-order chi connectivity index (χ1) is 13.2. The Morgan fingerprint density at radius 3 is 2.29 bits per heavy atom. The van der Waals surface area contributed by atoms with E-state index in [0.717, 1.165) is 18.3 Å². The average Bonchev–Trinajstić information content (AvgIpc) is 2.62. The van der Waals surface area contributed by atoms with Crippen LogP contribution in [0.1, 0.15) is 19.5 Å². The number of alkyl halides is 3. The molecule has 0 aliphatic rings.